The molecule has 152 valence electrons. The average molecular weight is 397 g/mol. The number of alkyl halides is 3. The van der Waals surface area contributed by atoms with Crippen molar-refractivity contribution in [2.45, 2.75) is 38.6 Å². The molecule has 1 atom stereocenters. The topological polar surface area (TPSA) is 67.5 Å². The third-order valence-corrected chi connectivity index (χ3v) is 4.50. The first kappa shape index (κ1) is 20.2. The lowest BCUT2D eigenvalue weighted by atomic mass is 10.1. The van der Waals surface area contributed by atoms with Crippen molar-refractivity contribution >= 4 is 5.91 Å². The van der Waals surface area contributed by atoms with Crippen LogP contribution in [0.1, 0.15) is 40.7 Å². The summed E-state index contributed by atoms with van der Waals surface area (Å²) in [7, 11) is 1.55. The van der Waals surface area contributed by atoms with Gasteiger partial charge in [0.2, 0.25) is 0 Å². The van der Waals surface area contributed by atoms with Crippen LogP contribution in [0, 0.1) is 0 Å². The number of aromatic nitrogens is 2. The van der Waals surface area contributed by atoms with Gasteiger partial charge < -0.3 is 14.4 Å². The zero-order valence-corrected chi connectivity index (χ0v) is 15.7. The predicted octanol–water partition coefficient (Wildman–Crippen LogP) is 3.43. The van der Waals surface area contributed by atoms with E-state index in [-0.39, 0.29) is 18.3 Å². The van der Waals surface area contributed by atoms with Crippen molar-refractivity contribution in [3.63, 3.8) is 0 Å². The third kappa shape index (κ3) is 4.64. The number of hydrogen-bond donors (Lipinski definition) is 1. The van der Waals surface area contributed by atoms with Crippen LogP contribution in [0.25, 0.3) is 0 Å². The van der Waals surface area contributed by atoms with Crippen LogP contribution >= 0.6 is 0 Å². The number of aromatic amines is 1. The molecule has 9 heteroatoms. The Kier molecular flexibility index (Phi) is 5.93. The standard InChI is InChI=1S/C19H22F3N3O3/c1-12-8-14-9-13(4-5-16(14)28-12)11-25(6-3-7-27-2)18(26)15-10-17(24-23-15)19(20,21)22/h4-5,9-10,12H,3,6-8,11H2,1-2H3,(H,23,24)/t12-/m0/s1. The third-order valence-electron chi connectivity index (χ3n) is 4.50. The quantitative estimate of drug-likeness (QED) is 0.727. The van der Waals surface area contributed by atoms with E-state index in [1.54, 1.807) is 7.11 Å². The van der Waals surface area contributed by atoms with Gasteiger partial charge >= 0.3 is 6.18 Å². The van der Waals surface area contributed by atoms with Gasteiger partial charge in [-0.1, -0.05) is 12.1 Å². The van der Waals surface area contributed by atoms with Gasteiger partial charge in [-0.05, 0) is 30.5 Å². The molecule has 0 saturated carbocycles. The summed E-state index contributed by atoms with van der Waals surface area (Å²) in [6.45, 7) is 3.02. The number of ether oxygens (including phenoxy) is 2. The number of halogens is 3. The fourth-order valence-electron chi connectivity index (χ4n) is 3.18. The van der Waals surface area contributed by atoms with E-state index in [1.165, 1.54) is 4.90 Å². The lowest BCUT2D eigenvalue weighted by molar-refractivity contribution is -0.141. The van der Waals surface area contributed by atoms with Crippen molar-refractivity contribution in [1.29, 1.82) is 0 Å². The summed E-state index contributed by atoms with van der Waals surface area (Å²) < 4.78 is 49.1. The maximum absolute atomic E-state index is 12.8. The molecule has 6 nitrogen and oxygen atoms in total. The van der Waals surface area contributed by atoms with Gasteiger partial charge in [-0.25, -0.2) is 0 Å². The Hall–Kier alpha value is -2.55. The molecule has 1 aromatic carbocycles. The molecule has 0 fully saturated rings. The Bertz CT molecular complexity index is 835. The molecule has 1 amide bonds. The summed E-state index contributed by atoms with van der Waals surface area (Å²) in [5, 5.41) is 5.44. The molecule has 0 bridgehead atoms. The monoisotopic (exact) mass is 397 g/mol. The number of fused-ring (bicyclic) bond motifs is 1. The molecule has 3 rings (SSSR count). The summed E-state index contributed by atoms with van der Waals surface area (Å²) in [6, 6.07) is 6.44. The molecular weight excluding hydrogens is 375 g/mol. The number of amides is 1. The summed E-state index contributed by atoms with van der Waals surface area (Å²) in [5.74, 6) is 0.267. The van der Waals surface area contributed by atoms with Gasteiger partial charge in [-0.3, -0.25) is 9.89 Å². The number of benzene rings is 1. The largest absolute Gasteiger partial charge is 0.490 e. The minimum absolute atomic E-state index is 0.106. The minimum atomic E-state index is -4.58. The fourth-order valence-corrected chi connectivity index (χ4v) is 3.18. The van der Waals surface area contributed by atoms with E-state index in [9.17, 15) is 18.0 Å². The predicted molar refractivity (Wildman–Crippen MR) is 95.1 cm³/mol. The molecule has 0 aliphatic carbocycles. The molecular formula is C19H22F3N3O3. The van der Waals surface area contributed by atoms with Crippen LogP contribution in [-0.2, 0) is 23.9 Å². The van der Waals surface area contributed by atoms with Crippen molar-refractivity contribution in [2.75, 3.05) is 20.3 Å². The average Bonchev–Trinajstić information content (AvgIpc) is 3.25. The summed E-state index contributed by atoms with van der Waals surface area (Å²) in [6.07, 6.45) is -3.13. The first-order valence-electron chi connectivity index (χ1n) is 8.97. The number of nitrogens with zero attached hydrogens (tertiary/aromatic N) is 2. The van der Waals surface area contributed by atoms with Gasteiger partial charge in [-0.2, -0.15) is 18.3 Å². The van der Waals surface area contributed by atoms with E-state index < -0.39 is 17.8 Å². The van der Waals surface area contributed by atoms with Gasteiger partial charge in [0, 0.05) is 39.3 Å². The van der Waals surface area contributed by atoms with Crippen LogP contribution in [-0.4, -0.2) is 47.4 Å². The second-order valence-corrected chi connectivity index (χ2v) is 6.81. The van der Waals surface area contributed by atoms with Crippen LogP contribution in [0.5, 0.6) is 5.75 Å². The van der Waals surface area contributed by atoms with Crippen molar-refractivity contribution in [3.05, 3.63) is 46.8 Å². The molecule has 2 aromatic rings. The highest BCUT2D eigenvalue weighted by molar-refractivity contribution is 5.92. The number of carbonyl (C=O) groups is 1. The number of methoxy groups -OCH3 is 1. The highest BCUT2D eigenvalue weighted by Gasteiger charge is 2.34. The highest BCUT2D eigenvalue weighted by atomic mass is 19.4. The fraction of sp³-hybridized carbons (Fsp3) is 0.474. The summed E-state index contributed by atoms with van der Waals surface area (Å²) >= 11 is 0. The number of rotatable bonds is 7. The molecule has 0 spiro atoms. The maximum atomic E-state index is 12.8. The van der Waals surface area contributed by atoms with Gasteiger partial charge in [0.1, 0.15) is 17.5 Å². The van der Waals surface area contributed by atoms with Crippen LogP contribution in [0.15, 0.2) is 24.3 Å². The summed E-state index contributed by atoms with van der Waals surface area (Å²) in [5.41, 5.74) is 0.640. The van der Waals surface area contributed by atoms with Crippen LogP contribution in [0.2, 0.25) is 0 Å². The van der Waals surface area contributed by atoms with Crippen LogP contribution < -0.4 is 4.74 Å². The van der Waals surface area contributed by atoms with E-state index in [1.807, 2.05) is 30.2 Å². The first-order valence-corrected chi connectivity index (χ1v) is 8.97. The molecule has 0 saturated heterocycles. The van der Waals surface area contributed by atoms with E-state index in [0.717, 1.165) is 29.4 Å². The molecule has 2 heterocycles. The minimum Gasteiger partial charge on any atom is -0.490 e. The zero-order chi connectivity index (χ0) is 20.3. The highest BCUT2D eigenvalue weighted by Crippen LogP contribution is 2.30. The van der Waals surface area contributed by atoms with Crippen LogP contribution in [0.4, 0.5) is 13.2 Å². The Morgan fingerprint density at radius 3 is 2.86 bits per heavy atom. The Morgan fingerprint density at radius 2 is 2.18 bits per heavy atom. The van der Waals surface area contributed by atoms with Crippen molar-refractivity contribution < 1.29 is 27.4 Å². The Morgan fingerprint density at radius 1 is 1.39 bits per heavy atom. The Labute approximate surface area is 160 Å². The molecule has 0 radical (unpaired) electrons. The smallest absolute Gasteiger partial charge is 0.432 e. The number of carbonyl (C=O) groups excluding carboxylic acids is 1. The molecule has 1 aromatic heterocycles. The summed E-state index contributed by atoms with van der Waals surface area (Å²) in [4.78, 5) is 14.3. The van der Waals surface area contributed by atoms with E-state index in [2.05, 4.69) is 5.10 Å². The number of H-pyrrole nitrogens is 1. The first-order chi connectivity index (χ1) is 13.3. The molecule has 1 aliphatic rings. The van der Waals surface area contributed by atoms with Crippen molar-refractivity contribution in [2.24, 2.45) is 0 Å². The van der Waals surface area contributed by atoms with Gasteiger partial charge in [-0.15, -0.1) is 0 Å². The lowest BCUT2D eigenvalue weighted by Gasteiger charge is -2.22. The second kappa shape index (κ2) is 8.22. The normalized spacial score (nSPS) is 16.0. The van der Waals surface area contributed by atoms with E-state index in [0.29, 0.717) is 19.6 Å². The number of hydrogen-bond acceptors (Lipinski definition) is 4. The molecule has 28 heavy (non-hydrogen) atoms. The Balaban J connectivity index is 1.78. The molecule has 1 N–H and O–H groups in total. The van der Waals surface area contributed by atoms with E-state index >= 15 is 0 Å². The lowest BCUT2D eigenvalue weighted by Crippen LogP contribution is -2.32. The second-order valence-electron chi connectivity index (χ2n) is 6.81. The van der Waals surface area contributed by atoms with Gasteiger partial charge in [0.05, 0.1) is 0 Å². The van der Waals surface area contributed by atoms with Crippen LogP contribution in [0.3, 0.4) is 0 Å². The van der Waals surface area contributed by atoms with Crippen molar-refractivity contribution in [3.8, 4) is 5.75 Å². The maximum Gasteiger partial charge on any atom is 0.432 e. The SMILES string of the molecule is COCCCN(Cc1ccc2c(c1)C[C@H](C)O2)C(=O)c1cc(C(F)(F)F)[nH]n1. The molecule has 0 unspecified atom stereocenters. The van der Waals surface area contributed by atoms with Crippen molar-refractivity contribution in [1.82, 2.24) is 15.1 Å². The van der Waals surface area contributed by atoms with Gasteiger partial charge in [0.25, 0.3) is 5.91 Å². The van der Waals surface area contributed by atoms with Gasteiger partial charge in [0.15, 0.2) is 5.69 Å². The van der Waals surface area contributed by atoms with E-state index in [4.69, 9.17) is 9.47 Å². The zero-order valence-electron chi connectivity index (χ0n) is 15.7. The molecule has 1 aliphatic heterocycles. The number of nitrogens with one attached hydrogen (secondary N) is 1.